The van der Waals surface area contributed by atoms with Gasteiger partial charge in [0.2, 0.25) is 0 Å². The molecule has 0 fully saturated rings. The monoisotopic (exact) mass is 272 g/mol. The van der Waals surface area contributed by atoms with Crippen molar-refractivity contribution in [1.82, 2.24) is 10.3 Å². The van der Waals surface area contributed by atoms with Gasteiger partial charge in [0.15, 0.2) is 0 Å². The molecule has 0 unspecified atom stereocenters. The van der Waals surface area contributed by atoms with Crippen molar-refractivity contribution in [2.75, 3.05) is 13.7 Å². The molecule has 0 aliphatic rings. The lowest BCUT2D eigenvalue weighted by atomic mass is 10.2. The Morgan fingerprint density at radius 1 is 1.10 bits per heavy atom. The van der Waals surface area contributed by atoms with Gasteiger partial charge in [0.05, 0.1) is 7.11 Å². The normalized spacial score (nSPS) is 10.3. The van der Waals surface area contributed by atoms with Gasteiger partial charge < -0.3 is 14.8 Å². The SMILES string of the molecule is CCCNCc1cnccc1Oc1ccc(OC)cc1. The molecule has 1 heterocycles. The Bertz CT molecular complexity index is 526. The second-order valence-electron chi connectivity index (χ2n) is 4.44. The van der Waals surface area contributed by atoms with E-state index in [4.69, 9.17) is 9.47 Å². The molecule has 1 N–H and O–H groups in total. The molecule has 2 rings (SSSR count). The first-order valence-corrected chi connectivity index (χ1v) is 6.79. The first-order valence-electron chi connectivity index (χ1n) is 6.79. The summed E-state index contributed by atoms with van der Waals surface area (Å²) in [7, 11) is 1.65. The van der Waals surface area contributed by atoms with E-state index < -0.39 is 0 Å². The predicted molar refractivity (Wildman–Crippen MR) is 79.3 cm³/mol. The number of ether oxygens (including phenoxy) is 2. The maximum atomic E-state index is 5.90. The van der Waals surface area contributed by atoms with Crippen molar-refractivity contribution in [1.29, 1.82) is 0 Å². The van der Waals surface area contributed by atoms with E-state index in [0.717, 1.165) is 42.3 Å². The van der Waals surface area contributed by atoms with Gasteiger partial charge in [-0.25, -0.2) is 0 Å². The van der Waals surface area contributed by atoms with Crippen LogP contribution in [0.5, 0.6) is 17.2 Å². The predicted octanol–water partition coefficient (Wildman–Crippen LogP) is 3.38. The molecule has 0 spiro atoms. The molecule has 0 radical (unpaired) electrons. The standard InChI is InChI=1S/C16H20N2O2/c1-3-9-17-11-13-12-18-10-8-16(13)20-15-6-4-14(19-2)5-7-15/h4-8,10,12,17H,3,9,11H2,1-2H3. The van der Waals surface area contributed by atoms with E-state index in [2.05, 4.69) is 17.2 Å². The first kappa shape index (κ1) is 14.3. The van der Waals surface area contributed by atoms with Crippen molar-refractivity contribution in [3.8, 4) is 17.2 Å². The van der Waals surface area contributed by atoms with Crippen LogP contribution in [0.25, 0.3) is 0 Å². The lowest BCUT2D eigenvalue weighted by Gasteiger charge is -2.11. The number of nitrogens with one attached hydrogen (secondary N) is 1. The van der Waals surface area contributed by atoms with Gasteiger partial charge in [-0.05, 0) is 43.3 Å². The number of hydrogen-bond donors (Lipinski definition) is 1. The van der Waals surface area contributed by atoms with Crippen LogP contribution in [0.1, 0.15) is 18.9 Å². The van der Waals surface area contributed by atoms with Crippen molar-refractivity contribution in [3.05, 3.63) is 48.3 Å². The van der Waals surface area contributed by atoms with Gasteiger partial charge in [0, 0.05) is 24.5 Å². The van der Waals surface area contributed by atoms with Crippen LogP contribution in [0.3, 0.4) is 0 Å². The number of pyridine rings is 1. The fourth-order valence-corrected chi connectivity index (χ4v) is 1.82. The third kappa shape index (κ3) is 3.96. The summed E-state index contributed by atoms with van der Waals surface area (Å²) in [5, 5.41) is 3.36. The lowest BCUT2D eigenvalue weighted by molar-refractivity contribution is 0.412. The van der Waals surface area contributed by atoms with E-state index in [1.807, 2.05) is 36.5 Å². The van der Waals surface area contributed by atoms with Gasteiger partial charge in [-0.2, -0.15) is 0 Å². The highest BCUT2D eigenvalue weighted by molar-refractivity contribution is 5.38. The molecule has 0 bridgehead atoms. The van der Waals surface area contributed by atoms with Gasteiger partial charge >= 0.3 is 0 Å². The number of nitrogens with zero attached hydrogens (tertiary/aromatic N) is 1. The Morgan fingerprint density at radius 2 is 1.85 bits per heavy atom. The Balaban J connectivity index is 2.07. The molecule has 106 valence electrons. The summed E-state index contributed by atoms with van der Waals surface area (Å²) >= 11 is 0. The van der Waals surface area contributed by atoms with Crippen molar-refractivity contribution >= 4 is 0 Å². The number of methoxy groups -OCH3 is 1. The van der Waals surface area contributed by atoms with Crippen LogP contribution in [0.15, 0.2) is 42.7 Å². The van der Waals surface area contributed by atoms with Crippen LogP contribution in [0, 0.1) is 0 Å². The Labute approximate surface area is 119 Å². The van der Waals surface area contributed by atoms with Gasteiger partial charge in [-0.3, -0.25) is 4.98 Å². The van der Waals surface area contributed by atoms with Gasteiger partial charge in [-0.15, -0.1) is 0 Å². The zero-order chi connectivity index (χ0) is 14.2. The summed E-state index contributed by atoms with van der Waals surface area (Å²) in [4.78, 5) is 4.15. The molecule has 1 aromatic carbocycles. The third-order valence-electron chi connectivity index (χ3n) is 2.89. The highest BCUT2D eigenvalue weighted by atomic mass is 16.5. The highest BCUT2D eigenvalue weighted by Crippen LogP contribution is 2.26. The van der Waals surface area contributed by atoms with E-state index in [1.165, 1.54) is 0 Å². The molecular formula is C16H20N2O2. The van der Waals surface area contributed by atoms with Crippen molar-refractivity contribution in [2.45, 2.75) is 19.9 Å². The summed E-state index contributed by atoms with van der Waals surface area (Å²) in [5.41, 5.74) is 1.05. The molecule has 20 heavy (non-hydrogen) atoms. The van der Waals surface area contributed by atoms with Crippen LogP contribution in [0.4, 0.5) is 0 Å². The second kappa shape index (κ2) is 7.50. The van der Waals surface area contributed by atoms with Gasteiger partial charge in [-0.1, -0.05) is 6.92 Å². The van der Waals surface area contributed by atoms with E-state index in [1.54, 1.807) is 13.3 Å². The second-order valence-corrected chi connectivity index (χ2v) is 4.44. The fourth-order valence-electron chi connectivity index (χ4n) is 1.82. The molecule has 0 saturated carbocycles. The molecule has 0 aliphatic carbocycles. The third-order valence-corrected chi connectivity index (χ3v) is 2.89. The fraction of sp³-hybridized carbons (Fsp3) is 0.312. The Hall–Kier alpha value is -2.07. The molecule has 0 atom stereocenters. The largest absolute Gasteiger partial charge is 0.497 e. The Morgan fingerprint density at radius 3 is 2.55 bits per heavy atom. The summed E-state index contributed by atoms with van der Waals surface area (Å²) in [5.74, 6) is 2.43. The molecule has 0 aliphatic heterocycles. The van der Waals surface area contributed by atoms with E-state index in [0.29, 0.717) is 0 Å². The molecule has 1 aromatic heterocycles. The topological polar surface area (TPSA) is 43.4 Å². The summed E-state index contributed by atoms with van der Waals surface area (Å²) in [6.45, 7) is 3.88. The first-order chi connectivity index (χ1) is 9.83. The zero-order valence-electron chi connectivity index (χ0n) is 11.9. The number of aromatic nitrogens is 1. The zero-order valence-corrected chi connectivity index (χ0v) is 11.9. The molecule has 0 amide bonds. The lowest BCUT2D eigenvalue weighted by Crippen LogP contribution is -2.14. The average molecular weight is 272 g/mol. The number of rotatable bonds is 7. The smallest absolute Gasteiger partial charge is 0.134 e. The molecule has 4 heteroatoms. The maximum absolute atomic E-state index is 5.90. The van der Waals surface area contributed by atoms with E-state index in [9.17, 15) is 0 Å². The molecule has 0 saturated heterocycles. The minimum atomic E-state index is 0.757. The summed E-state index contributed by atoms with van der Waals surface area (Å²) < 4.78 is 11.0. The van der Waals surface area contributed by atoms with E-state index >= 15 is 0 Å². The minimum absolute atomic E-state index is 0.757. The molecular weight excluding hydrogens is 252 g/mol. The number of benzene rings is 1. The molecule has 2 aromatic rings. The highest BCUT2D eigenvalue weighted by Gasteiger charge is 2.05. The summed E-state index contributed by atoms with van der Waals surface area (Å²) in [6, 6.07) is 9.43. The van der Waals surface area contributed by atoms with Crippen molar-refractivity contribution in [3.63, 3.8) is 0 Å². The quantitative estimate of drug-likeness (QED) is 0.785. The van der Waals surface area contributed by atoms with Crippen molar-refractivity contribution in [2.24, 2.45) is 0 Å². The average Bonchev–Trinajstić information content (AvgIpc) is 2.50. The minimum Gasteiger partial charge on any atom is -0.497 e. The van der Waals surface area contributed by atoms with E-state index in [-0.39, 0.29) is 0 Å². The van der Waals surface area contributed by atoms with Gasteiger partial charge in [0.1, 0.15) is 17.2 Å². The van der Waals surface area contributed by atoms with Gasteiger partial charge in [0.25, 0.3) is 0 Å². The number of hydrogen-bond acceptors (Lipinski definition) is 4. The molecule has 4 nitrogen and oxygen atoms in total. The van der Waals surface area contributed by atoms with Crippen LogP contribution >= 0.6 is 0 Å². The van der Waals surface area contributed by atoms with Crippen LogP contribution < -0.4 is 14.8 Å². The van der Waals surface area contributed by atoms with Crippen LogP contribution in [-0.4, -0.2) is 18.6 Å². The van der Waals surface area contributed by atoms with Crippen LogP contribution in [-0.2, 0) is 6.54 Å². The maximum Gasteiger partial charge on any atom is 0.134 e. The Kier molecular flexibility index (Phi) is 5.38. The summed E-state index contributed by atoms with van der Waals surface area (Å²) in [6.07, 6.45) is 4.68. The van der Waals surface area contributed by atoms with Crippen molar-refractivity contribution < 1.29 is 9.47 Å². The van der Waals surface area contributed by atoms with Crippen LogP contribution in [0.2, 0.25) is 0 Å².